The molecule has 5 rings (SSSR count). The number of carbonyl (C=O) groups excluding carboxylic acids is 1. The van der Waals surface area contributed by atoms with Crippen LogP contribution in [-0.2, 0) is 0 Å². The number of carbonyl (C=O) groups is 1. The van der Waals surface area contributed by atoms with Gasteiger partial charge in [0.1, 0.15) is 23.5 Å². The Kier molecular flexibility index (Phi) is 4.06. The zero-order valence-electron chi connectivity index (χ0n) is 17.0. The number of aromatic amines is 1. The van der Waals surface area contributed by atoms with Crippen LogP contribution < -0.4 is 10.2 Å². The van der Waals surface area contributed by atoms with Crippen molar-refractivity contribution < 1.29 is 4.79 Å². The highest BCUT2D eigenvalue weighted by Gasteiger charge is 2.40. The SMILES string of the molecule is C[C@H](c1ccccc1)N1c2nc(-c3c[nH]c4ncncc34)ccc2C(=O)NC1(C)C. The lowest BCUT2D eigenvalue weighted by molar-refractivity contribution is 0.0892. The molecule has 4 heterocycles. The number of nitrogens with one attached hydrogen (secondary N) is 2. The maximum Gasteiger partial charge on any atom is 0.256 e. The fraction of sp³-hybridized carbons (Fsp3) is 0.217. The Hall–Kier alpha value is -3.74. The first-order valence-corrected chi connectivity index (χ1v) is 9.91. The summed E-state index contributed by atoms with van der Waals surface area (Å²) in [5, 5.41) is 4.01. The molecular weight excluding hydrogens is 376 g/mol. The second-order valence-corrected chi connectivity index (χ2v) is 8.02. The molecule has 7 heteroatoms. The van der Waals surface area contributed by atoms with Gasteiger partial charge >= 0.3 is 0 Å². The fourth-order valence-corrected chi connectivity index (χ4v) is 4.25. The van der Waals surface area contributed by atoms with Gasteiger partial charge in [0.05, 0.1) is 17.3 Å². The summed E-state index contributed by atoms with van der Waals surface area (Å²) >= 11 is 0. The topological polar surface area (TPSA) is 86.8 Å². The molecule has 0 saturated carbocycles. The molecule has 0 spiro atoms. The molecule has 0 fully saturated rings. The molecule has 1 amide bonds. The van der Waals surface area contributed by atoms with Crippen LogP contribution in [0, 0.1) is 0 Å². The first-order chi connectivity index (χ1) is 14.5. The van der Waals surface area contributed by atoms with E-state index in [1.54, 1.807) is 6.20 Å². The van der Waals surface area contributed by atoms with Gasteiger partial charge in [-0.15, -0.1) is 0 Å². The lowest BCUT2D eigenvalue weighted by atomic mass is 9.98. The van der Waals surface area contributed by atoms with Gasteiger partial charge in [0, 0.05) is 23.3 Å². The van der Waals surface area contributed by atoms with E-state index in [9.17, 15) is 4.79 Å². The molecule has 0 radical (unpaired) electrons. The van der Waals surface area contributed by atoms with Gasteiger partial charge in [0.25, 0.3) is 5.91 Å². The number of nitrogens with zero attached hydrogens (tertiary/aromatic N) is 4. The summed E-state index contributed by atoms with van der Waals surface area (Å²) in [6.07, 6.45) is 5.17. The normalized spacial score (nSPS) is 16.2. The minimum atomic E-state index is -0.603. The summed E-state index contributed by atoms with van der Waals surface area (Å²) in [7, 11) is 0. The summed E-state index contributed by atoms with van der Waals surface area (Å²) in [6.45, 7) is 6.13. The van der Waals surface area contributed by atoms with E-state index in [0.29, 0.717) is 11.4 Å². The summed E-state index contributed by atoms with van der Waals surface area (Å²) in [5.74, 6) is 0.552. The van der Waals surface area contributed by atoms with Crippen LogP contribution >= 0.6 is 0 Å². The van der Waals surface area contributed by atoms with E-state index in [1.807, 2.05) is 50.4 Å². The van der Waals surface area contributed by atoms with Gasteiger partial charge < -0.3 is 15.2 Å². The molecule has 2 N–H and O–H groups in total. The van der Waals surface area contributed by atoms with Crippen LogP contribution in [0.15, 0.2) is 61.2 Å². The van der Waals surface area contributed by atoms with Crippen molar-refractivity contribution in [2.45, 2.75) is 32.5 Å². The van der Waals surface area contributed by atoms with Crippen molar-refractivity contribution in [2.24, 2.45) is 0 Å². The maximum absolute atomic E-state index is 12.8. The van der Waals surface area contributed by atoms with Gasteiger partial charge in [-0.1, -0.05) is 30.3 Å². The lowest BCUT2D eigenvalue weighted by Gasteiger charge is -2.47. The van der Waals surface area contributed by atoms with Gasteiger partial charge in [-0.2, -0.15) is 0 Å². The van der Waals surface area contributed by atoms with E-state index in [-0.39, 0.29) is 11.9 Å². The fourth-order valence-electron chi connectivity index (χ4n) is 4.25. The number of pyridine rings is 1. The van der Waals surface area contributed by atoms with Crippen molar-refractivity contribution in [3.05, 3.63) is 72.3 Å². The molecule has 4 aromatic rings. The Morgan fingerprint density at radius 1 is 1.07 bits per heavy atom. The zero-order valence-corrected chi connectivity index (χ0v) is 17.0. The molecule has 30 heavy (non-hydrogen) atoms. The minimum absolute atomic E-state index is 0.00889. The Morgan fingerprint density at radius 3 is 2.67 bits per heavy atom. The van der Waals surface area contributed by atoms with Crippen LogP contribution in [0.5, 0.6) is 0 Å². The Morgan fingerprint density at radius 2 is 1.87 bits per heavy atom. The van der Waals surface area contributed by atoms with Crippen molar-refractivity contribution in [1.29, 1.82) is 0 Å². The number of anilines is 1. The predicted molar refractivity (Wildman–Crippen MR) is 116 cm³/mol. The monoisotopic (exact) mass is 398 g/mol. The predicted octanol–water partition coefficient (Wildman–Crippen LogP) is 4.07. The third-order valence-corrected chi connectivity index (χ3v) is 5.67. The molecule has 3 aromatic heterocycles. The van der Waals surface area contributed by atoms with Crippen molar-refractivity contribution in [3.8, 4) is 11.3 Å². The van der Waals surface area contributed by atoms with Crippen LogP contribution in [0.1, 0.15) is 42.7 Å². The second kappa shape index (κ2) is 6.66. The standard InChI is InChI=1S/C23H22N6O/c1-14(15-7-5-4-6-8-15)29-21-16(22(30)28-23(29,2)3)9-10-19(27-21)17-12-25-20-18(17)11-24-13-26-20/h4-14H,1-3H3,(H,28,30)(H,24,25,26)/t14-/m1/s1. The number of hydrogen-bond acceptors (Lipinski definition) is 5. The van der Waals surface area contributed by atoms with Gasteiger partial charge in [0.2, 0.25) is 0 Å². The van der Waals surface area contributed by atoms with E-state index in [2.05, 4.69) is 44.2 Å². The molecule has 7 nitrogen and oxygen atoms in total. The van der Waals surface area contributed by atoms with Crippen LogP contribution in [-0.4, -0.2) is 31.5 Å². The number of aromatic nitrogens is 4. The van der Waals surface area contributed by atoms with Crippen LogP contribution in [0.25, 0.3) is 22.3 Å². The van der Waals surface area contributed by atoms with Crippen LogP contribution in [0.3, 0.4) is 0 Å². The van der Waals surface area contributed by atoms with Crippen molar-refractivity contribution in [2.75, 3.05) is 4.90 Å². The lowest BCUT2D eigenvalue weighted by Crippen LogP contribution is -2.61. The highest BCUT2D eigenvalue weighted by Crippen LogP contribution is 2.39. The number of hydrogen-bond donors (Lipinski definition) is 2. The van der Waals surface area contributed by atoms with Crippen molar-refractivity contribution in [1.82, 2.24) is 25.3 Å². The first-order valence-electron chi connectivity index (χ1n) is 9.91. The van der Waals surface area contributed by atoms with E-state index < -0.39 is 5.66 Å². The number of fused-ring (bicyclic) bond motifs is 2. The van der Waals surface area contributed by atoms with E-state index in [1.165, 1.54) is 6.33 Å². The molecule has 0 aliphatic carbocycles. The van der Waals surface area contributed by atoms with Crippen molar-refractivity contribution >= 4 is 22.8 Å². The largest absolute Gasteiger partial charge is 0.345 e. The van der Waals surface area contributed by atoms with E-state index in [0.717, 1.165) is 27.9 Å². The highest BCUT2D eigenvalue weighted by molar-refractivity contribution is 6.02. The van der Waals surface area contributed by atoms with E-state index >= 15 is 0 Å². The van der Waals surface area contributed by atoms with E-state index in [4.69, 9.17) is 4.98 Å². The molecule has 1 atom stereocenters. The highest BCUT2D eigenvalue weighted by atomic mass is 16.2. The zero-order chi connectivity index (χ0) is 20.9. The third kappa shape index (κ3) is 2.82. The number of benzene rings is 1. The quantitative estimate of drug-likeness (QED) is 0.543. The number of H-pyrrole nitrogens is 1. The third-order valence-electron chi connectivity index (χ3n) is 5.67. The summed E-state index contributed by atoms with van der Waals surface area (Å²) in [6, 6.07) is 14.0. The van der Waals surface area contributed by atoms with Crippen LogP contribution in [0.2, 0.25) is 0 Å². The molecular formula is C23H22N6O. The average molecular weight is 398 g/mol. The molecule has 1 aliphatic heterocycles. The molecule has 1 aliphatic rings. The number of amides is 1. The maximum atomic E-state index is 12.8. The molecule has 0 bridgehead atoms. The molecule has 150 valence electrons. The van der Waals surface area contributed by atoms with Crippen molar-refractivity contribution in [3.63, 3.8) is 0 Å². The summed E-state index contributed by atoms with van der Waals surface area (Å²) in [5.41, 5.74) is 3.55. The smallest absolute Gasteiger partial charge is 0.256 e. The Balaban J connectivity index is 1.68. The second-order valence-electron chi connectivity index (χ2n) is 8.02. The number of rotatable bonds is 3. The molecule has 1 aromatic carbocycles. The molecule has 0 unspecified atom stereocenters. The minimum Gasteiger partial charge on any atom is -0.345 e. The van der Waals surface area contributed by atoms with Gasteiger partial charge in [-0.05, 0) is 38.5 Å². The summed E-state index contributed by atoms with van der Waals surface area (Å²) < 4.78 is 0. The van der Waals surface area contributed by atoms with Gasteiger partial charge in [-0.25, -0.2) is 15.0 Å². The average Bonchev–Trinajstić information content (AvgIpc) is 3.17. The Labute approximate surface area is 174 Å². The Bertz CT molecular complexity index is 1250. The molecule has 0 saturated heterocycles. The summed E-state index contributed by atoms with van der Waals surface area (Å²) in [4.78, 5) is 31.5. The van der Waals surface area contributed by atoms with Gasteiger partial charge in [-0.3, -0.25) is 4.79 Å². The van der Waals surface area contributed by atoms with Gasteiger partial charge in [0.15, 0.2) is 0 Å². The van der Waals surface area contributed by atoms with Crippen LogP contribution in [0.4, 0.5) is 5.82 Å². The first kappa shape index (κ1) is 18.3.